The molecule has 1 heterocycles. The highest BCUT2D eigenvalue weighted by Crippen LogP contribution is 2.43. The minimum absolute atomic E-state index is 0.239. The van der Waals surface area contributed by atoms with Crippen molar-refractivity contribution in [1.29, 1.82) is 0 Å². The molecule has 2 nitrogen and oxygen atoms in total. The number of aromatic nitrogens is 1. The van der Waals surface area contributed by atoms with E-state index in [0.717, 1.165) is 0 Å². The minimum Gasteiger partial charge on any atom is -0.451 e. The lowest BCUT2D eigenvalue weighted by Crippen LogP contribution is -2.12. The molecule has 0 N–H and O–H groups in total. The van der Waals surface area contributed by atoms with Crippen molar-refractivity contribution in [3.05, 3.63) is 53.4 Å². The Hall–Kier alpha value is -2.04. The molecule has 1 aliphatic rings. The van der Waals surface area contributed by atoms with Gasteiger partial charge in [0, 0.05) is 18.2 Å². The molecule has 2 aromatic rings. The second kappa shape index (κ2) is 5.55. The van der Waals surface area contributed by atoms with Gasteiger partial charge in [-0.05, 0) is 35.6 Å². The van der Waals surface area contributed by atoms with Crippen LogP contribution in [0.25, 0.3) is 0 Å². The largest absolute Gasteiger partial charge is 0.451 e. The molecular formula is C18H18F3NO. The Labute approximate surface area is 133 Å². The van der Waals surface area contributed by atoms with Gasteiger partial charge in [0.25, 0.3) is 0 Å². The zero-order valence-electron chi connectivity index (χ0n) is 13.2. The van der Waals surface area contributed by atoms with Crippen LogP contribution in [0, 0.1) is 11.6 Å². The van der Waals surface area contributed by atoms with Crippen molar-refractivity contribution in [2.75, 3.05) is 0 Å². The number of rotatable bonds is 3. The highest BCUT2D eigenvalue weighted by molar-refractivity contribution is 5.38. The zero-order chi connectivity index (χ0) is 16.8. The number of hydrogen-bond donors (Lipinski definition) is 0. The van der Waals surface area contributed by atoms with Crippen molar-refractivity contribution < 1.29 is 17.9 Å². The Morgan fingerprint density at radius 3 is 2.26 bits per heavy atom. The molecule has 0 amide bonds. The monoisotopic (exact) mass is 321 g/mol. The van der Waals surface area contributed by atoms with Crippen LogP contribution in [-0.4, -0.2) is 11.2 Å². The highest BCUT2D eigenvalue weighted by Gasteiger charge is 2.40. The molecule has 122 valence electrons. The molecule has 1 fully saturated rings. The maximum atomic E-state index is 14.2. The van der Waals surface area contributed by atoms with Crippen LogP contribution < -0.4 is 4.74 Å². The van der Waals surface area contributed by atoms with Crippen molar-refractivity contribution in [3.63, 3.8) is 0 Å². The van der Waals surface area contributed by atoms with Crippen LogP contribution in [0.1, 0.15) is 44.4 Å². The van der Waals surface area contributed by atoms with E-state index in [9.17, 15) is 13.2 Å². The number of nitrogens with zero attached hydrogens (tertiary/aromatic N) is 1. The molecule has 1 aliphatic carbocycles. The summed E-state index contributed by atoms with van der Waals surface area (Å²) in [4.78, 5) is 4.08. The van der Waals surface area contributed by atoms with Gasteiger partial charge in [-0.15, -0.1) is 0 Å². The molecule has 1 aromatic heterocycles. The average molecular weight is 321 g/mol. The number of hydrogen-bond acceptors (Lipinski definition) is 2. The zero-order valence-corrected chi connectivity index (χ0v) is 13.2. The number of halogens is 3. The number of alkyl halides is 1. The van der Waals surface area contributed by atoms with E-state index in [2.05, 4.69) is 4.98 Å². The van der Waals surface area contributed by atoms with Crippen molar-refractivity contribution in [2.45, 2.75) is 44.7 Å². The summed E-state index contributed by atoms with van der Waals surface area (Å²) in [5.41, 5.74) is 0.724. The van der Waals surface area contributed by atoms with Crippen molar-refractivity contribution in [1.82, 2.24) is 4.98 Å². The van der Waals surface area contributed by atoms with Crippen molar-refractivity contribution >= 4 is 0 Å². The molecule has 0 aliphatic heterocycles. The van der Waals surface area contributed by atoms with E-state index in [4.69, 9.17) is 4.74 Å². The van der Waals surface area contributed by atoms with Crippen LogP contribution in [0.5, 0.6) is 11.5 Å². The SMILES string of the molecule is CC(C)(C)c1cc(F)c(Oc2ccnc(C3CC3F)c2)c(F)c1. The van der Waals surface area contributed by atoms with Crippen LogP contribution in [0.15, 0.2) is 30.5 Å². The predicted molar refractivity (Wildman–Crippen MR) is 81.6 cm³/mol. The van der Waals surface area contributed by atoms with Gasteiger partial charge in [0.2, 0.25) is 0 Å². The van der Waals surface area contributed by atoms with Gasteiger partial charge < -0.3 is 4.74 Å². The van der Waals surface area contributed by atoms with E-state index in [1.54, 1.807) is 0 Å². The summed E-state index contributed by atoms with van der Waals surface area (Å²) in [6.07, 6.45) is 0.992. The van der Waals surface area contributed by atoms with Gasteiger partial charge in [-0.1, -0.05) is 20.8 Å². The summed E-state index contributed by atoms with van der Waals surface area (Å²) < 4.78 is 46.9. The van der Waals surface area contributed by atoms with Gasteiger partial charge in [0.15, 0.2) is 17.4 Å². The molecule has 2 unspecified atom stereocenters. The average Bonchev–Trinajstić information content (AvgIpc) is 3.19. The molecule has 1 aromatic carbocycles. The molecular weight excluding hydrogens is 303 g/mol. The second-order valence-electron chi connectivity index (χ2n) is 6.90. The first kappa shape index (κ1) is 15.8. The smallest absolute Gasteiger partial charge is 0.198 e. The van der Waals surface area contributed by atoms with Crippen LogP contribution in [0.4, 0.5) is 13.2 Å². The lowest BCUT2D eigenvalue weighted by Gasteiger charge is -2.20. The van der Waals surface area contributed by atoms with Crippen LogP contribution in [0.3, 0.4) is 0 Å². The fourth-order valence-electron chi connectivity index (χ4n) is 2.37. The molecule has 0 saturated heterocycles. The van der Waals surface area contributed by atoms with Gasteiger partial charge >= 0.3 is 0 Å². The number of ether oxygens (including phenoxy) is 1. The Bertz CT molecular complexity index is 716. The van der Waals surface area contributed by atoms with E-state index < -0.39 is 23.6 Å². The third-order valence-corrected chi connectivity index (χ3v) is 3.93. The van der Waals surface area contributed by atoms with E-state index >= 15 is 0 Å². The van der Waals surface area contributed by atoms with Gasteiger partial charge in [-0.2, -0.15) is 0 Å². The van der Waals surface area contributed by atoms with E-state index in [1.807, 2.05) is 20.8 Å². The van der Waals surface area contributed by atoms with Crippen molar-refractivity contribution in [2.24, 2.45) is 0 Å². The summed E-state index contributed by atoms with van der Waals surface area (Å²) in [5, 5.41) is 0. The molecule has 3 rings (SSSR count). The summed E-state index contributed by atoms with van der Waals surface area (Å²) in [7, 11) is 0. The first-order chi connectivity index (χ1) is 10.8. The highest BCUT2D eigenvalue weighted by atomic mass is 19.1. The van der Waals surface area contributed by atoms with Crippen molar-refractivity contribution in [3.8, 4) is 11.5 Å². The van der Waals surface area contributed by atoms with Crippen LogP contribution >= 0.6 is 0 Å². The molecule has 0 spiro atoms. The normalized spacial score (nSPS) is 20.4. The molecule has 1 saturated carbocycles. The Balaban J connectivity index is 1.88. The maximum absolute atomic E-state index is 14.2. The fraction of sp³-hybridized carbons (Fsp3) is 0.389. The van der Waals surface area contributed by atoms with Crippen LogP contribution in [0.2, 0.25) is 0 Å². The minimum atomic E-state index is -0.891. The third-order valence-electron chi connectivity index (χ3n) is 3.93. The Kier molecular flexibility index (Phi) is 3.82. The first-order valence-corrected chi connectivity index (χ1v) is 7.53. The molecule has 0 radical (unpaired) electrons. The summed E-state index contributed by atoms with van der Waals surface area (Å²) >= 11 is 0. The van der Waals surface area contributed by atoms with Gasteiger partial charge in [0.05, 0.1) is 5.69 Å². The van der Waals surface area contributed by atoms with Gasteiger partial charge in [-0.3, -0.25) is 4.98 Å². The lowest BCUT2D eigenvalue weighted by atomic mass is 9.87. The maximum Gasteiger partial charge on any atom is 0.198 e. The predicted octanol–water partition coefficient (Wildman–Crippen LogP) is 5.28. The Morgan fingerprint density at radius 1 is 1.13 bits per heavy atom. The molecule has 23 heavy (non-hydrogen) atoms. The third kappa shape index (κ3) is 3.33. The number of benzene rings is 1. The van der Waals surface area contributed by atoms with E-state index in [1.165, 1.54) is 30.5 Å². The summed E-state index contributed by atoms with van der Waals surface area (Å²) in [6, 6.07) is 5.58. The lowest BCUT2D eigenvalue weighted by molar-refractivity contribution is 0.402. The first-order valence-electron chi connectivity index (χ1n) is 7.53. The van der Waals surface area contributed by atoms with E-state index in [-0.39, 0.29) is 17.1 Å². The van der Waals surface area contributed by atoms with E-state index in [0.29, 0.717) is 17.7 Å². The second-order valence-corrected chi connectivity index (χ2v) is 6.90. The Morgan fingerprint density at radius 2 is 1.74 bits per heavy atom. The molecule has 5 heteroatoms. The van der Waals surface area contributed by atoms with Crippen LogP contribution in [-0.2, 0) is 5.41 Å². The van der Waals surface area contributed by atoms with Gasteiger partial charge in [-0.25, -0.2) is 13.2 Å². The van der Waals surface area contributed by atoms with Gasteiger partial charge in [0.1, 0.15) is 11.9 Å². The quantitative estimate of drug-likeness (QED) is 0.768. The summed E-state index contributed by atoms with van der Waals surface area (Å²) in [6.45, 7) is 5.62. The molecule has 2 atom stereocenters. The number of pyridine rings is 1. The molecule has 0 bridgehead atoms. The summed E-state index contributed by atoms with van der Waals surface area (Å²) in [5.74, 6) is -1.97. The fourth-order valence-corrected chi connectivity index (χ4v) is 2.37. The standard InChI is InChI=1S/C18H18F3NO/c1-18(2,3)10-6-14(20)17(15(21)7-10)23-11-4-5-22-16(8-11)12-9-13(12)19/h4-8,12-13H,9H2,1-3H3. The topological polar surface area (TPSA) is 22.1 Å².